The van der Waals surface area contributed by atoms with E-state index >= 15 is 0 Å². The first-order valence-electron chi connectivity index (χ1n) is 10.5. The molecule has 0 aliphatic heterocycles. The summed E-state index contributed by atoms with van der Waals surface area (Å²) in [5.74, 6) is -1.88. The molecule has 0 saturated heterocycles. The van der Waals surface area contributed by atoms with Crippen molar-refractivity contribution in [3.05, 3.63) is 93.2 Å². The Labute approximate surface area is 196 Å². The zero-order valence-electron chi connectivity index (χ0n) is 18.6. The minimum atomic E-state index is -0.644. The maximum absolute atomic E-state index is 14.2. The molecule has 0 fully saturated rings. The van der Waals surface area contributed by atoms with Crippen molar-refractivity contribution in [3.63, 3.8) is 0 Å². The van der Waals surface area contributed by atoms with Crippen LogP contribution in [0.4, 0.5) is 8.78 Å². The summed E-state index contributed by atoms with van der Waals surface area (Å²) in [6.45, 7) is 2.69. The lowest BCUT2D eigenvalue weighted by molar-refractivity contribution is -0.133. The maximum atomic E-state index is 14.2. The van der Waals surface area contributed by atoms with Gasteiger partial charge in [0.1, 0.15) is 18.2 Å². The molecule has 2 amide bonds. The van der Waals surface area contributed by atoms with E-state index in [1.807, 2.05) is 19.1 Å². The van der Waals surface area contributed by atoms with E-state index < -0.39 is 11.7 Å². The normalized spacial score (nSPS) is 10.8. The molecule has 0 spiro atoms. The van der Waals surface area contributed by atoms with Gasteiger partial charge in [-0.1, -0.05) is 24.3 Å². The topological polar surface area (TPSA) is 49.9 Å². The molecule has 0 bridgehead atoms. The van der Waals surface area contributed by atoms with Crippen LogP contribution in [0.15, 0.2) is 60.7 Å². The molecule has 0 saturated carbocycles. The Kier molecular flexibility index (Phi) is 8.68. The minimum absolute atomic E-state index is 0.0969. The fourth-order valence-electron chi connectivity index (χ4n) is 3.32. The lowest BCUT2D eigenvalue weighted by Gasteiger charge is -2.28. The molecule has 0 aliphatic rings. The predicted octanol–water partition coefficient (Wildman–Crippen LogP) is 4.65. The Morgan fingerprint density at radius 1 is 0.939 bits per heavy atom. The van der Waals surface area contributed by atoms with Crippen molar-refractivity contribution in [2.45, 2.75) is 20.0 Å². The number of nitrogens with zero attached hydrogens (tertiary/aromatic N) is 2. The number of hydrogen-bond donors (Lipinski definition) is 0. The van der Waals surface area contributed by atoms with Gasteiger partial charge >= 0.3 is 0 Å². The van der Waals surface area contributed by atoms with E-state index in [0.29, 0.717) is 6.54 Å². The van der Waals surface area contributed by atoms with Crippen LogP contribution >= 0.6 is 11.3 Å². The van der Waals surface area contributed by atoms with Gasteiger partial charge in [-0.05, 0) is 48.9 Å². The number of thiophene rings is 1. The smallest absolute Gasteiger partial charge is 0.257 e. The summed E-state index contributed by atoms with van der Waals surface area (Å²) in [5.41, 5.74) is 0.669. The number of benzene rings is 2. The van der Waals surface area contributed by atoms with E-state index in [-0.39, 0.29) is 43.5 Å². The number of carbonyl (C=O) groups is 2. The van der Waals surface area contributed by atoms with Crippen LogP contribution in [-0.4, -0.2) is 48.4 Å². The summed E-state index contributed by atoms with van der Waals surface area (Å²) < 4.78 is 32.7. The largest absolute Gasteiger partial charge is 0.383 e. The molecule has 0 radical (unpaired) electrons. The van der Waals surface area contributed by atoms with Crippen LogP contribution in [0.5, 0.6) is 0 Å². The molecule has 1 heterocycles. The first-order valence-corrected chi connectivity index (χ1v) is 11.3. The van der Waals surface area contributed by atoms with Gasteiger partial charge in [-0.3, -0.25) is 9.59 Å². The number of halogens is 2. The van der Waals surface area contributed by atoms with Gasteiger partial charge in [0.05, 0.1) is 18.7 Å². The van der Waals surface area contributed by atoms with Crippen LogP contribution < -0.4 is 0 Å². The molecular formula is C25H26F2N2O3S. The first kappa shape index (κ1) is 24.5. The number of methoxy groups -OCH3 is 1. The fraction of sp³-hybridized carbons (Fsp3) is 0.280. The van der Waals surface area contributed by atoms with Gasteiger partial charge in [-0.2, -0.15) is 0 Å². The summed E-state index contributed by atoms with van der Waals surface area (Å²) >= 11 is 1.58. The zero-order valence-corrected chi connectivity index (χ0v) is 19.4. The Hall–Kier alpha value is -3.10. The van der Waals surface area contributed by atoms with Gasteiger partial charge < -0.3 is 14.5 Å². The van der Waals surface area contributed by atoms with Crippen molar-refractivity contribution in [3.8, 4) is 0 Å². The molecule has 2 aromatic carbocycles. The number of ether oxygens (including phenoxy) is 1. The monoisotopic (exact) mass is 472 g/mol. The van der Waals surface area contributed by atoms with Gasteiger partial charge in [-0.25, -0.2) is 8.78 Å². The van der Waals surface area contributed by atoms with Crippen LogP contribution in [0, 0.1) is 18.6 Å². The summed E-state index contributed by atoms with van der Waals surface area (Å²) in [4.78, 5) is 31.4. The van der Waals surface area contributed by atoms with Crippen LogP contribution in [-0.2, 0) is 22.6 Å². The van der Waals surface area contributed by atoms with Crippen LogP contribution in [0.1, 0.15) is 25.7 Å². The second kappa shape index (κ2) is 11.7. The first-order chi connectivity index (χ1) is 15.9. The van der Waals surface area contributed by atoms with E-state index in [4.69, 9.17) is 4.74 Å². The third kappa shape index (κ3) is 6.94. The van der Waals surface area contributed by atoms with Gasteiger partial charge in [0.25, 0.3) is 5.91 Å². The Balaban J connectivity index is 1.82. The third-order valence-electron chi connectivity index (χ3n) is 5.07. The van der Waals surface area contributed by atoms with Crippen LogP contribution in [0.2, 0.25) is 0 Å². The van der Waals surface area contributed by atoms with Crippen molar-refractivity contribution in [1.29, 1.82) is 0 Å². The number of carbonyl (C=O) groups excluding carboxylic acids is 2. The number of amides is 2. The van der Waals surface area contributed by atoms with Gasteiger partial charge in [0.2, 0.25) is 5.91 Å². The zero-order chi connectivity index (χ0) is 23.8. The maximum Gasteiger partial charge on any atom is 0.257 e. The molecule has 174 valence electrons. The van der Waals surface area contributed by atoms with Crippen LogP contribution in [0.25, 0.3) is 0 Å². The number of hydrogen-bond acceptors (Lipinski definition) is 4. The molecule has 33 heavy (non-hydrogen) atoms. The van der Waals surface area contributed by atoms with E-state index in [1.54, 1.807) is 34.4 Å². The average molecular weight is 473 g/mol. The summed E-state index contributed by atoms with van der Waals surface area (Å²) in [6, 6.07) is 15.6. The minimum Gasteiger partial charge on any atom is -0.383 e. The molecule has 3 rings (SSSR count). The molecule has 1 aromatic heterocycles. The van der Waals surface area contributed by atoms with Crippen molar-refractivity contribution >= 4 is 23.2 Å². The molecule has 0 N–H and O–H groups in total. The van der Waals surface area contributed by atoms with E-state index in [9.17, 15) is 18.4 Å². The molecule has 0 aliphatic carbocycles. The third-order valence-corrected chi connectivity index (χ3v) is 6.05. The average Bonchev–Trinajstić information content (AvgIpc) is 3.22. The highest BCUT2D eigenvalue weighted by Gasteiger charge is 2.24. The Bertz CT molecular complexity index is 1090. The molecule has 3 aromatic rings. The lowest BCUT2D eigenvalue weighted by Crippen LogP contribution is -2.44. The van der Waals surface area contributed by atoms with E-state index in [2.05, 4.69) is 0 Å². The lowest BCUT2D eigenvalue weighted by atomic mass is 10.1. The SMILES string of the molecule is COCCN(CC(=O)N(Cc1ccc(F)cc1)Cc1ccc(C)s1)C(=O)c1ccccc1F. The second-order valence-electron chi connectivity index (χ2n) is 7.59. The van der Waals surface area contributed by atoms with Crippen molar-refractivity contribution < 1.29 is 23.1 Å². The van der Waals surface area contributed by atoms with Gasteiger partial charge in [0.15, 0.2) is 0 Å². The van der Waals surface area contributed by atoms with E-state index in [0.717, 1.165) is 15.3 Å². The van der Waals surface area contributed by atoms with Crippen LogP contribution in [0.3, 0.4) is 0 Å². The molecule has 0 unspecified atom stereocenters. The molecule has 5 nitrogen and oxygen atoms in total. The number of rotatable bonds is 10. The summed E-state index contributed by atoms with van der Waals surface area (Å²) in [6.07, 6.45) is 0. The Morgan fingerprint density at radius 2 is 1.67 bits per heavy atom. The van der Waals surface area contributed by atoms with Crippen molar-refractivity contribution in [2.24, 2.45) is 0 Å². The molecular weight excluding hydrogens is 446 g/mol. The second-order valence-corrected chi connectivity index (χ2v) is 8.96. The Morgan fingerprint density at radius 3 is 2.30 bits per heavy atom. The highest BCUT2D eigenvalue weighted by molar-refractivity contribution is 7.11. The highest BCUT2D eigenvalue weighted by Crippen LogP contribution is 2.19. The highest BCUT2D eigenvalue weighted by atomic mass is 32.1. The van der Waals surface area contributed by atoms with Crippen molar-refractivity contribution in [1.82, 2.24) is 9.80 Å². The van der Waals surface area contributed by atoms with Gasteiger partial charge in [-0.15, -0.1) is 11.3 Å². The van der Waals surface area contributed by atoms with Gasteiger partial charge in [0, 0.05) is 30.0 Å². The number of aryl methyl sites for hydroxylation is 1. The predicted molar refractivity (Wildman–Crippen MR) is 124 cm³/mol. The molecule has 0 atom stereocenters. The molecule has 8 heteroatoms. The quantitative estimate of drug-likeness (QED) is 0.432. The summed E-state index contributed by atoms with van der Waals surface area (Å²) in [7, 11) is 1.49. The summed E-state index contributed by atoms with van der Waals surface area (Å²) in [5, 5.41) is 0. The van der Waals surface area contributed by atoms with E-state index in [1.165, 1.54) is 42.3 Å². The fourth-order valence-corrected chi connectivity index (χ4v) is 4.23. The standard InChI is InChI=1S/C25H26F2N2O3S/c1-18-7-12-21(33-18)16-29(15-19-8-10-20(26)11-9-19)24(30)17-28(13-14-32-2)25(31)22-5-3-4-6-23(22)27/h3-12H,13-17H2,1-2H3. The van der Waals surface area contributed by atoms with Crippen molar-refractivity contribution in [2.75, 3.05) is 26.8 Å².